The third-order valence-corrected chi connectivity index (χ3v) is 2.46. The van der Waals surface area contributed by atoms with Crippen LogP contribution in [0.5, 0.6) is 0 Å². The molecule has 0 unspecified atom stereocenters. The predicted octanol–water partition coefficient (Wildman–Crippen LogP) is 1.82. The SMILES string of the molecule is COCCCCCNC(=O)c1cccc(N)c1. The molecular weight excluding hydrogens is 216 g/mol. The maximum absolute atomic E-state index is 11.7. The number of methoxy groups -OCH3 is 1. The van der Waals surface area contributed by atoms with Crippen molar-refractivity contribution < 1.29 is 9.53 Å². The van der Waals surface area contributed by atoms with Gasteiger partial charge >= 0.3 is 0 Å². The first-order chi connectivity index (χ1) is 8.24. The van der Waals surface area contributed by atoms with E-state index >= 15 is 0 Å². The molecule has 1 rings (SSSR count). The van der Waals surface area contributed by atoms with Crippen LogP contribution in [0.25, 0.3) is 0 Å². The van der Waals surface area contributed by atoms with Gasteiger partial charge < -0.3 is 15.8 Å². The molecule has 0 aliphatic rings. The highest BCUT2D eigenvalue weighted by atomic mass is 16.5. The Morgan fingerprint density at radius 2 is 2.18 bits per heavy atom. The van der Waals surface area contributed by atoms with Gasteiger partial charge in [0, 0.05) is 31.5 Å². The average molecular weight is 236 g/mol. The van der Waals surface area contributed by atoms with Crippen LogP contribution >= 0.6 is 0 Å². The fourth-order valence-electron chi connectivity index (χ4n) is 1.53. The summed E-state index contributed by atoms with van der Waals surface area (Å²) in [5.74, 6) is -0.0657. The van der Waals surface area contributed by atoms with E-state index in [1.165, 1.54) is 0 Å². The molecule has 0 radical (unpaired) electrons. The lowest BCUT2D eigenvalue weighted by molar-refractivity contribution is 0.0952. The molecule has 17 heavy (non-hydrogen) atoms. The summed E-state index contributed by atoms with van der Waals surface area (Å²) in [5, 5.41) is 2.87. The van der Waals surface area contributed by atoms with E-state index in [1.807, 2.05) is 0 Å². The van der Waals surface area contributed by atoms with Gasteiger partial charge in [-0.15, -0.1) is 0 Å². The highest BCUT2D eigenvalue weighted by molar-refractivity contribution is 5.94. The van der Waals surface area contributed by atoms with Crippen molar-refractivity contribution in [3.05, 3.63) is 29.8 Å². The Labute approximate surface area is 102 Å². The Kier molecular flexibility index (Phi) is 6.10. The molecule has 0 spiro atoms. The molecule has 1 aromatic rings. The number of carbonyl (C=O) groups excluding carboxylic acids is 1. The molecule has 0 aliphatic heterocycles. The van der Waals surface area contributed by atoms with Gasteiger partial charge in [-0.05, 0) is 37.5 Å². The van der Waals surface area contributed by atoms with Gasteiger partial charge in [-0.1, -0.05) is 6.07 Å². The summed E-state index contributed by atoms with van der Waals surface area (Å²) in [7, 11) is 1.70. The number of unbranched alkanes of at least 4 members (excludes halogenated alkanes) is 2. The second kappa shape index (κ2) is 7.68. The number of benzene rings is 1. The van der Waals surface area contributed by atoms with Gasteiger partial charge in [-0.2, -0.15) is 0 Å². The quantitative estimate of drug-likeness (QED) is 0.560. The van der Waals surface area contributed by atoms with Gasteiger partial charge in [0.2, 0.25) is 0 Å². The second-order valence-electron chi connectivity index (χ2n) is 3.93. The maximum atomic E-state index is 11.7. The molecule has 0 saturated heterocycles. The summed E-state index contributed by atoms with van der Waals surface area (Å²) in [6.07, 6.45) is 3.06. The number of rotatable bonds is 7. The Morgan fingerprint density at radius 1 is 1.35 bits per heavy atom. The summed E-state index contributed by atoms with van der Waals surface area (Å²) < 4.78 is 4.95. The molecule has 0 aromatic heterocycles. The standard InChI is InChI=1S/C13H20N2O2/c1-17-9-4-2-3-8-15-13(16)11-6-5-7-12(14)10-11/h5-7,10H,2-4,8-9,14H2,1H3,(H,15,16). The molecule has 0 fully saturated rings. The second-order valence-corrected chi connectivity index (χ2v) is 3.93. The first kappa shape index (κ1) is 13.5. The van der Waals surface area contributed by atoms with Crippen molar-refractivity contribution in [3.63, 3.8) is 0 Å². The molecular formula is C13H20N2O2. The number of anilines is 1. The van der Waals surface area contributed by atoms with E-state index in [9.17, 15) is 4.79 Å². The Balaban J connectivity index is 2.21. The molecule has 0 saturated carbocycles. The van der Waals surface area contributed by atoms with Crippen molar-refractivity contribution in [3.8, 4) is 0 Å². The summed E-state index contributed by atoms with van der Waals surface area (Å²) in [6, 6.07) is 6.99. The summed E-state index contributed by atoms with van der Waals surface area (Å²) in [4.78, 5) is 11.7. The van der Waals surface area contributed by atoms with Crippen molar-refractivity contribution >= 4 is 11.6 Å². The van der Waals surface area contributed by atoms with Gasteiger partial charge in [0.15, 0.2) is 0 Å². The highest BCUT2D eigenvalue weighted by Gasteiger charge is 2.03. The van der Waals surface area contributed by atoms with Crippen LogP contribution in [0.15, 0.2) is 24.3 Å². The fourth-order valence-corrected chi connectivity index (χ4v) is 1.53. The van der Waals surface area contributed by atoms with Gasteiger partial charge in [0.25, 0.3) is 5.91 Å². The van der Waals surface area contributed by atoms with E-state index in [0.29, 0.717) is 17.8 Å². The number of nitrogens with one attached hydrogen (secondary N) is 1. The predicted molar refractivity (Wildman–Crippen MR) is 68.9 cm³/mol. The number of nitrogen functional groups attached to an aromatic ring is 1. The molecule has 1 aromatic carbocycles. The molecule has 0 bridgehead atoms. The number of hydrogen-bond acceptors (Lipinski definition) is 3. The largest absolute Gasteiger partial charge is 0.399 e. The first-order valence-corrected chi connectivity index (χ1v) is 5.86. The van der Waals surface area contributed by atoms with E-state index in [-0.39, 0.29) is 5.91 Å². The molecule has 3 N–H and O–H groups in total. The van der Waals surface area contributed by atoms with Crippen LogP contribution in [0.4, 0.5) is 5.69 Å². The Morgan fingerprint density at radius 3 is 2.88 bits per heavy atom. The van der Waals surface area contributed by atoms with Crippen LogP contribution in [-0.4, -0.2) is 26.2 Å². The maximum Gasteiger partial charge on any atom is 0.251 e. The lowest BCUT2D eigenvalue weighted by Gasteiger charge is -2.05. The topological polar surface area (TPSA) is 64.3 Å². The van der Waals surface area contributed by atoms with Crippen molar-refractivity contribution in [1.29, 1.82) is 0 Å². The first-order valence-electron chi connectivity index (χ1n) is 5.86. The molecule has 4 heteroatoms. The molecule has 94 valence electrons. The smallest absolute Gasteiger partial charge is 0.251 e. The van der Waals surface area contributed by atoms with E-state index < -0.39 is 0 Å². The monoisotopic (exact) mass is 236 g/mol. The summed E-state index contributed by atoms with van der Waals surface area (Å²) in [6.45, 7) is 1.47. The number of ether oxygens (including phenoxy) is 1. The summed E-state index contributed by atoms with van der Waals surface area (Å²) in [5.41, 5.74) is 6.83. The minimum Gasteiger partial charge on any atom is -0.399 e. The Hall–Kier alpha value is -1.55. The summed E-state index contributed by atoms with van der Waals surface area (Å²) >= 11 is 0. The zero-order valence-corrected chi connectivity index (χ0v) is 10.2. The Bertz CT molecular complexity index is 353. The van der Waals surface area contributed by atoms with E-state index in [2.05, 4.69) is 5.32 Å². The minimum atomic E-state index is -0.0657. The van der Waals surface area contributed by atoms with Crippen LogP contribution in [0.3, 0.4) is 0 Å². The van der Waals surface area contributed by atoms with Gasteiger partial charge in [0.05, 0.1) is 0 Å². The molecule has 1 amide bonds. The van der Waals surface area contributed by atoms with Crippen LogP contribution in [-0.2, 0) is 4.74 Å². The number of hydrogen-bond donors (Lipinski definition) is 2. The zero-order chi connectivity index (χ0) is 12.5. The van der Waals surface area contributed by atoms with Gasteiger partial charge in [0.1, 0.15) is 0 Å². The zero-order valence-electron chi connectivity index (χ0n) is 10.2. The number of amides is 1. The average Bonchev–Trinajstić information content (AvgIpc) is 2.33. The third-order valence-electron chi connectivity index (χ3n) is 2.46. The van der Waals surface area contributed by atoms with Crippen molar-refractivity contribution in [2.75, 3.05) is 26.0 Å². The highest BCUT2D eigenvalue weighted by Crippen LogP contribution is 2.06. The fraction of sp³-hybridized carbons (Fsp3) is 0.462. The van der Waals surface area contributed by atoms with E-state index in [4.69, 9.17) is 10.5 Å². The van der Waals surface area contributed by atoms with Crippen LogP contribution in [0.2, 0.25) is 0 Å². The molecule has 4 nitrogen and oxygen atoms in total. The van der Waals surface area contributed by atoms with Crippen LogP contribution in [0.1, 0.15) is 29.6 Å². The van der Waals surface area contributed by atoms with Crippen molar-refractivity contribution in [2.24, 2.45) is 0 Å². The van der Waals surface area contributed by atoms with E-state index in [0.717, 1.165) is 25.9 Å². The van der Waals surface area contributed by atoms with Crippen molar-refractivity contribution in [1.82, 2.24) is 5.32 Å². The van der Waals surface area contributed by atoms with Crippen molar-refractivity contribution in [2.45, 2.75) is 19.3 Å². The van der Waals surface area contributed by atoms with Crippen LogP contribution in [0, 0.1) is 0 Å². The van der Waals surface area contributed by atoms with E-state index in [1.54, 1.807) is 31.4 Å². The molecule has 0 atom stereocenters. The lowest BCUT2D eigenvalue weighted by atomic mass is 10.2. The molecule has 0 heterocycles. The van der Waals surface area contributed by atoms with Gasteiger partial charge in [-0.25, -0.2) is 0 Å². The third kappa shape index (κ3) is 5.36. The van der Waals surface area contributed by atoms with Crippen LogP contribution < -0.4 is 11.1 Å². The minimum absolute atomic E-state index is 0.0657. The number of nitrogens with two attached hydrogens (primary N) is 1. The van der Waals surface area contributed by atoms with Gasteiger partial charge in [-0.3, -0.25) is 4.79 Å². The normalized spacial score (nSPS) is 10.2. The lowest BCUT2D eigenvalue weighted by Crippen LogP contribution is -2.24. The number of carbonyl (C=O) groups is 1. The molecule has 0 aliphatic carbocycles.